The molecule has 1 aromatic heterocycles. The highest BCUT2D eigenvalue weighted by atomic mass is 16.5. The molecule has 0 aliphatic rings. The highest BCUT2D eigenvalue weighted by Gasteiger charge is 2.15. The summed E-state index contributed by atoms with van der Waals surface area (Å²) in [5.74, 6) is 0.684. The van der Waals surface area contributed by atoms with Crippen molar-refractivity contribution in [3.63, 3.8) is 0 Å². The van der Waals surface area contributed by atoms with Crippen molar-refractivity contribution in [3.8, 4) is 11.5 Å². The fraction of sp³-hybridized carbons (Fsp3) is 0.148. The number of nitrogens with zero attached hydrogens (tertiary/aromatic N) is 2. The Bertz CT molecular complexity index is 1310. The van der Waals surface area contributed by atoms with Crippen molar-refractivity contribution in [3.05, 3.63) is 113 Å². The summed E-state index contributed by atoms with van der Waals surface area (Å²) in [7, 11) is 1.58. The summed E-state index contributed by atoms with van der Waals surface area (Å²) in [5.41, 5.74) is 2.00. The first kappa shape index (κ1) is 23.7. The van der Waals surface area contributed by atoms with Crippen molar-refractivity contribution >= 4 is 17.3 Å². The standard InChI is InChI=1S/C27H26N4O4/c1-34-17-16-28-26(32)21-12-14-22(15-13-21)30-25-24(35-23-10-6-3-7-11-23)18-29-31(27(25)33)19-20-8-4-2-5-9-20/h2-15,18,30H,16-17,19H2,1H3,(H,28,32). The highest BCUT2D eigenvalue weighted by Crippen LogP contribution is 2.28. The summed E-state index contributed by atoms with van der Waals surface area (Å²) in [6.07, 6.45) is 1.53. The Labute approximate surface area is 203 Å². The summed E-state index contributed by atoms with van der Waals surface area (Å²) in [6.45, 7) is 1.18. The molecule has 1 amide bonds. The molecule has 0 saturated carbocycles. The monoisotopic (exact) mass is 470 g/mol. The van der Waals surface area contributed by atoms with Crippen molar-refractivity contribution in [2.24, 2.45) is 0 Å². The lowest BCUT2D eigenvalue weighted by Crippen LogP contribution is -2.27. The Morgan fingerprint density at radius 3 is 2.31 bits per heavy atom. The zero-order valence-corrected chi connectivity index (χ0v) is 19.3. The molecule has 0 atom stereocenters. The van der Waals surface area contributed by atoms with Gasteiger partial charge in [0.25, 0.3) is 11.5 Å². The van der Waals surface area contributed by atoms with Gasteiger partial charge in [0.1, 0.15) is 5.75 Å². The Morgan fingerprint density at radius 1 is 0.943 bits per heavy atom. The molecule has 0 bridgehead atoms. The molecular formula is C27H26N4O4. The van der Waals surface area contributed by atoms with Crippen molar-refractivity contribution in [1.82, 2.24) is 15.1 Å². The number of amides is 1. The van der Waals surface area contributed by atoms with Gasteiger partial charge in [-0.3, -0.25) is 9.59 Å². The van der Waals surface area contributed by atoms with E-state index in [-0.39, 0.29) is 17.2 Å². The predicted molar refractivity (Wildman–Crippen MR) is 134 cm³/mol. The van der Waals surface area contributed by atoms with E-state index in [1.165, 1.54) is 10.9 Å². The van der Waals surface area contributed by atoms with Gasteiger partial charge in [0.2, 0.25) is 0 Å². The van der Waals surface area contributed by atoms with Crippen LogP contribution in [-0.2, 0) is 11.3 Å². The highest BCUT2D eigenvalue weighted by molar-refractivity contribution is 5.94. The minimum atomic E-state index is -0.330. The van der Waals surface area contributed by atoms with Gasteiger partial charge in [-0.05, 0) is 42.0 Å². The van der Waals surface area contributed by atoms with Gasteiger partial charge < -0.3 is 20.1 Å². The third kappa shape index (κ3) is 6.33. The van der Waals surface area contributed by atoms with Gasteiger partial charge in [0, 0.05) is 24.9 Å². The van der Waals surface area contributed by atoms with E-state index in [4.69, 9.17) is 9.47 Å². The second-order valence-corrected chi connectivity index (χ2v) is 7.70. The molecular weight excluding hydrogens is 444 g/mol. The SMILES string of the molecule is COCCNC(=O)c1ccc(Nc2c(Oc3ccccc3)cnn(Cc3ccccc3)c2=O)cc1. The van der Waals surface area contributed by atoms with E-state index in [1.54, 1.807) is 43.5 Å². The maximum absolute atomic E-state index is 13.4. The lowest BCUT2D eigenvalue weighted by atomic mass is 10.2. The second-order valence-electron chi connectivity index (χ2n) is 7.70. The predicted octanol–water partition coefficient (Wildman–Crippen LogP) is 4.20. The van der Waals surface area contributed by atoms with Crippen molar-refractivity contribution in [1.29, 1.82) is 0 Å². The van der Waals surface area contributed by atoms with Gasteiger partial charge in [-0.2, -0.15) is 5.10 Å². The zero-order chi connectivity index (χ0) is 24.5. The van der Waals surface area contributed by atoms with E-state index in [1.807, 2.05) is 48.5 Å². The van der Waals surface area contributed by atoms with Crippen LogP contribution < -0.4 is 20.9 Å². The lowest BCUT2D eigenvalue weighted by Gasteiger charge is -2.15. The maximum Gasteiger partial charge on any atom is 0.294 e. The number of para-hydroxylation sites is 1. The van der Waals surface area contributed by atoms with E-state index in [9.17, 15) is 9.59 Å². The van der Waals surface area contributed by atoms with Crippen LogP contribution in [0.4, 0.5) is 11.4 Å². The van der Waals surface area contributed by atoms with Gasteiger partial charge in [-0.15, -0.1) is 0 Å². The molecule has 8 nitrogen and oxygen atoms in total. The molecule has 8 heteroatoms. The molecule has 1 heterocycles. The Hall–Kier alpha value is -4.43. The first-order valence-corrected chi connectivity index (χ1v) is 11.1. The number of aromatic nitrogens is 2. The first-order chi connectivity index (χ1) is 17.1. The summed E-state index contributed by atoms with van der Waals surface area (Å²) < 4.78 is 12.3. The largest absolute Gasteiger partial charge is 0.453 e. The van der Waals surface area contributed by atoms with Crippen LogP contribution in [-0.4, -0.2) is 35.9 Å². The van der Waals surface area contributed by atoms with Gasteiger partial charge in [0.15, 0.2) is 11.4 Å². The third-order valence-electron chi connectivity index (χ3n) is 5.16. The molecule has 178 valence electrons. The molecule has 0 saturated heterocycles. The van der Waals surface area contributed by atoms with Crippen molar-refractivity contribution < 1.29 is 14.3 Å². The van der Waals surface area contributed by atoms with Gasteiger partial charge in [-0.1, -0.05) is 48.5 Å². The van der Waals surface area contributed by atoms with E-state index >= 15 is 0 Å². The number of nitrogens with one attached hydrogen (secondary N) is 2. The van der Waals surface area contributed by atoms with Gasteiger partial charge in [-0.25, -0.2) is 4.68 Å². The number of carbonyl (C=O) groups excluding carboxylic acids is 1. The molecule has 35 heavy (non-hydrogen) atoms. The van der Waals surface area contributed by atoms with Crippen molar-refractivity contribution in [2.75, 3.05) is 25.6 Å². The summed E-state index contributed by atoms with van der Waals surface area (Å²) in [6, 6.07) is 25.7. The van der Waals surface area contributed by atoms with E-state index in [0.29, 0.717) is 42.4 Å². The minimum Gasteiger partial charge on any atom is -0.453 e. The summed E-state index contributed by atoms with van der Waals surface area (Å²) in [4.78, 5) is 25.6. The van der Waals surface area contributed by atoms with E-state index in [2.05, 4.69) is 15.7 Å². The number of anilines is 2. The minimum absolute atomic E-state index is 0.198. The molecule has 0 aliphatic heterocycles. The zero-order valence-electron chi connectivity index (χ0n) is 19.3. The topological polar surface area (TPSA) is 94.5 Å². The van der Waals surface area contributed by atoms with Crippen LogP contribution in [0.2, 0.25) is 0 Å². The Morgan fingerprint density at radius 2 is 1.63 bits per heavy atom. The Balaban J connectivity index is 1.61. The van der Waals surface area contributed by atoms with Gasteiger partial charge >= 0.3 is 0 Å². The van der Waals surface area contributed by atoms with Gasteiger partial charge in [0.05, 0.1) is 19.3 Å². The second kappa shape index (κ2) is 11.6. The molecule has 4 aromatic rings. The van der Waals surface area contributed by atoms with Crippen LogP contribution in [0, 0.1) is 0 Å². The van der Waals surface area contributed by atoms with Crippen LogP contribution in [0.15, 0.2) is 95.9 Å². The van der Waals surface area contributed by atoms with Crippen LogP contribution in [0.25, 0.3) is 0 Å². The quantitative estimate of drug-likeness (QED) is 0.337. The number of benzene rings is 3. The molecule has 2 N–H and O–H groups in total. The number of methoxy groups -OCH3 is 1. The number of hydrogen-bond donors (Lipinski definition) is 2. The van der Waals surface area contributed by atoms with Crippen LogP contribution in [0.3, 0.4) is 0 Å². The number of ether oxygens (including phenoxy) is 2. The third-order valence-corrected chi connectivity index (χ3v) is 5.16. The summed E-state index contributed by atoms with van der Waals surface area (Å²) >= 11 is 0. The molecule has 0 spiro atoms. The van der Waals surface area contributed by atoms with Crippen molar-refractivity contribution in [2.45, 2.75) is 6.54 Å². The van der Waals surface area contributed by atoms with Crippen LogP contribution in [0.1, 0.15) is 15.9 Å². The molecule has 0 radical (unpaired) electrons. The fourth-order valence-electron chi connectivity index (χ4n) is 3.37. The normalized spacial score (nSPS) is 10.5. The Kier molecular flexibility index (Phi) is 7.88. The number of rotatable bonds is 10. The average molecular weight is 471 g/mol. The maximum atomic E-state index is 13.4. The van der Waals surface area contributed by atoms with Crippen LogP contribution in [0.5, 0.6) is 11.5 Å². The molecule has 0 unspecified atom stereocenters. The van der Waals surface area contributed by atoms with Crippen LogP contribution >= 0.6 is 0 Å². The molecule has 0 fully saturated rings. The number of hydrogen-bond acceptors (Lipinski definition) is 6. The van der Waals surface area contributed by atoms with E-state index in [0.717, 1.165) is 5.56 Å². The summed E-state index contributed by atoms with van der Waals surface area (Å²) in [5, 5.41) is 10.3. The molecule has 0 aliphatic carbocycles. The smallest absolute Gasteiger partial charge is 0.294 e. The van der Waals surface area contributed by atoms with E-state index < -0.39 is 0 Å². The lowest BCUT2D eigenvalue weighted by molar-refractivity contribution is 0.0937. The molecule has 4 rings (SSSR count). The number of carbonyl (C=O) groups is 1. The average Bonchev–Trinajstić information content (AvgIpc) is 2.89. The molecule has 3 aromatic carbocycles. The first-order valence-electron chi connectivity index (χ1n) is 11.1. The fourth-order valence-corrected chi connectivity index (χ4v) is 3.37.